The van der Waals surface area contributed by atoms with Gasteiger partial charge in [-0.3, -0.25) is 4.79 Å². The van der Waals surface area contributed by atoms with E-state index in [1.807, 2.05) is 0 Å². The molecule has 8 heteroatoms. The molecule has 1 amide bonds. The molecule has 1 rings (SSSR count). The molecular formula is C10H11FN2O4S. The fourth-order valence-corrected chi connectivity index (χ4v) is 1.70. The average molecular weight is 274 g/mol. The summed E-state index contributed by atoms with van der Waals surface area (Å²) in [4.78, 5) is 22.3. The van der Waals surface area contributed by atoms with Gasteiger partial charge in [0.15, 0.2) is 4.90 Å². The monoisotopic (exact) mass is 274 g/mol. The van der Waals surface area contributed by atoms with Crippen molar-refractivity contribution in [2.45, 2.75) is 11.8 Å². The molecule has 0 aromatic heterocycles. The van der Waals surface area contributed by atoms with E-state index in [9.17, 15) is 18.5 Å². The summed E-state index contributed by atoms with van der Waals surface area (Å²) in [5.74, 6) is -2.79. The normalized spacial score (nSPS) is 11.8. The Labute approximate surface area is 106 Å². The van der Waals surface area contributed by atoms with Crippen LogP contribution in [0.5, 0.6) is 0 Å². The second-order valence-electron chi connectivity index (χ2n) is 3.11. The second-order valence-corrected chi connectivity index (χ2v) is 4.15. The van der Waals surface area contributed by atoms with Gasteiger partial charge in [0.25, 0.3) is 0 Å². The van der Waals surface area contributed by atoms with E-state index in [-0.39, 0.29) is 17.2 Å². The molecule has 0 saturated carbocycles. The molecule has 0 aliphatic heterocycles. The van der Waals surface area contributed by atoms with Crippen LogP contribution in [-0.4, -0.2) is 23.0 Å². The Bertz CT molecular complexity index is 467. The Morgan fingerprint density at radius 3 is 2.78 bits per heavy atom. The van der Waals surface area contributed by atoms with Crippen LogP contribution < -0.4 is 10.5 Å². The molecule has 0 aliphatic carbocycles. The molecule has 0 saturated heterocycles. The van der Waals surface area contributed by atoms with Gasteiger partial charge in [-0.15, -0.1) is 5.14 Å². The molecule has 0 radical (unpaired) electrons. The van der Waals surface area contributed by atoms with E-state index in [4.69, 9.17) is 5.14 Å². The summed E-state index contributed by atoms with van der Waals surface area (Å²) >= 11 is -1.99. The SMILES string of the molecule is CCOC(=O)C(=O)Nc1ccc(F)cc1[S+](N)[O-]. The number of halogens is 1. The number of amides is 1. The summed E-state index contributed by atoms with van der Waals surface area (Å²) in [6, 6.07) is 3.11. The fraction of sp³-hybridized carbons (Fsp3) is 0.200. The zero-order valence-electron chi connectivity index (χ0n) is 9.44. The molecular weight excluding hydrogens is 263 g/mol. The lowest BCUT2D eigenvalue weighted by atomic mass is 10.3. The standard InChI is InChI=1S/C10H11FN2O4S/c1-2-17-10(15)9(14)13-7-4-3-6(11)5-8(7)18(12)16/h3-5H,2,12H2,1H3,(H,13,14). The number of nitrogens with two attached hydrogens (primary N) is 1. The zero-order chi connectivity index (χ0) is 13.7. The molecule has 0 aliphatic rings. The lowest BCUT2D eigenvalue weighted by Crippen LogP contribution is -2.26. The zero-order valence-corrected chi connectivity index (χ0v) is 10.3. The molecule has 1 atom stereocenters. The van der Waals surface area contributed by atoms with Crippen LogP contribution in [0.1, 0.15) is 6.92 Å². The maximum atomic E-state index is 12.9. The van der Waals surface area contributed by atoms with Gasteiger partial charge in [0, 0.05) is 6.07 Å². The third-order valence-electron chi connectivity index (χ3n) is 1.87. The number of benzene rings is 1. The molecule has 1 aromatic carbocycles. The summed E-state index contributed by atoms with van der Waals surface area (Å²) in [6.07, 6.45) is 0. The third-order valence-corrected chi connectivity index (χ3v) is 2.64. The topological polar surface area (TPSA) is 104 Å². The van der Waals surface area contributed by atoms with E-state index in [2.05, 4.69) is 10.1 Å². The highest BCUT2D eigenvalue weighted by Crippen LogP contribution is 2.21. The van der Waals surface area contributed by atoms with E-state index >= 15 is 0 Å². The van der Waals surface area contributed by atoms with Gasteiger partial charge in [-0.2, -0.15) is 0 Å². The number of esters is 1. The van der Waals surface area contributed by atoms with Gasteiger partial charge in [-0.25, -0.2) is 9.18 Å². The number of carbonyl (C=O) groups is 2. The Morgan fingerprint density at radius 1 is 1.56 bits per heavy atom. The Hall–Kier alpha value is -1.64. The highest BCUT2D eigenvalue weighted by molar-refractivity contribution is 7.89. The highest BCUT2D eigenvalue weighted by Gasteiger charge is 2.20. The first kappa shape index (κ1) is 14.4. The van der Waals surface area contributed by atoms with Crippen LogP contribution in [0.2, 0.25) is 0 Å². The fourth-order valence-electron chi connectivity index (χ4n) is 1.14. The highest BCUT2D eigenvalue weighted by atomic mass is 32.2. The van der Waals surface area contributed by atoms with Crippen molar-refractivity contribution in [3.63, 3.8) is 0 Å². The van der Waals surface area contributed by atoms with Crippen LogP contribution >= 0.6 is 0 Å². The molecule has 0 heterocycles. The number of rotatable bonds is 3. The molecule has 0 bridgehead atoms. The van der Waals surface area contributed by atoms with Crippen LogP contribution in [0.25, 0.3) is 0 Å². The summed E-state index contributed by atoms with van der Waals surface area (Å²) in [5.41, 5.74) is -0.00436. The van der Waals surface area contributed by atoms with Crippen molar-refractivity contribution in [1.82, 2.24) is 0 Å². The molecule has 98 valence electrons. The van der Waals surface area contributed by atoms with Gasteiger partial charge < -0.3 is 14.6 Å². The maximum absolute atomic E-state index is 12.9. The summed E-state index contributed by atoms with van der Waals surface area (Å²) in [5, 5.41) is 7.28. The van der Waals surface area contributed by atoms with Gasteiger partial charge in [0.2, 0.25) is 0 Å². The first-order valence-electron chi connectivity index (χ1n) is 4.89. The predicted octanol–water partition coefficient (Wildman–Crippen LogP) is 0.309. The van der Waals surface area contributed by atoms with E-state index in [0.717, 1.165) is 18.2 Å². The molecule has 18 heavy (non-hydrogen) atoms. The number of anilines is 1. The van der Waals surface area contributed by atoms with Crippen molar-refractivity contribution < 1.29 is 23.3 Å². The second kappa shape index (κ2) is 6.34. The molecule has 6 nitrogen and oxygen atoms in total. The van der Waals surface area contributed by atoms with Gasteiger partial charge in [0.05, 0.1) is 23.7 Å². The summed E-state index contributed by atoms with van der Waals surface area (Å²) in [6.45, 7) is 1.59. The van der Waals surface area contributed by atoms with E-state index in [0.29, 0.717) is 0 Å². The van der Waals surface area contributed by atoms with Crippen molar-refractivity contribution in [2.75, 3.05) is 11.9 Å². The van der Waals surface area contributed by atoms with Gasteiger partial charge in [-0.1, -0.05) is 0 Å². The van der Waals surface area contributed by atoms with Crippen LogP contribution in [0.3, 0.4) is 0 Å². The first-order valence-corrected chi connectivity index (χ1v) is 6.10. The molecule has 0 spiro atoms. The quantitative estimate of drug-likeness (QED) is 0.469. The predicted molar refractivity (Wildman–Crippen MR) is 62.3 cm³/mol. The Kier molecular flexibility index (Phi) is 5.08. The van der Waals surface area contributed by atoms with Crippen molar-refractivity contribution in [2.24, 2.45) is 5.14 Å². The van der Waals surface area contributed by atoms with Crippen LogP contribution in [0.15, 0.2) is 23.1 Å². The number of carbonyl (C=O) groups excluding carboxylic acids is 2. The van der Waals surface area contributed by atoms with Gasteiger partial charge in [-0.05, 0) is 19.1 Å². The molecule has 3 N–H and O–H groups in total. The van der Waals surface area contributed by atoms with Gasteiger partial charge in [0.1, 0.15) is 5.82 Å². The average Bonchev–Trinajstić information content (AvgIpc) is 2.31. The summed E-state index contributed by atoms with van der Waals surface area (Å²) < 4.78 is 28.5. The van der Waals surface area contributed by atoms with Crippen molar-refractivity contribution in [3.05, 3.63) is 24.0 Å². The lowest BCUT2D eigenvalue weighted by Gasteiger charge is -2.10. The van der Waals surface area contributed by atoms with E-state index in [1.54, 1.807) is 6.92 Å². The molecule has 0 fully saturated rings. The van der Waals surface area contributed by atoms with Crippen molar-refractivity contribution in [1.29, 1.82) is 0 Å². The Balaban J connectivity index is 2.90. The lowest BCUT2D eigenvalue weighted by molar-refractivity contribution is -0.152. The smallest absolute Gasteiger partial charge is 0.397 e. The summed E-state index contributed by atoms with van der Waals surface area (Å²) in [7, 11) is 0. The van der Waals surface area contributed by atoms with Crippen LogP contribution in [0.4, 0.5) is 10.1 Å². The van der Waals surface area contributed by atoms with Crippen LogP contribution in [-0.2, 0) is 25.7 Å². The Morgan fingerprint density at radius 2 is 2.22 bits per heavy atom. The van der Waals surface area contributed by atoms with E-state index < -0.39 is 29.1 Å². The van der Waals surface area contributed by atoms with Crippen LogP contribution in [0, 0.1) is 5.82 Å². The van der Waals surface area contributed by atoms with Crippen molar-refractivity contribution >= 4 is 28.9 Å². The first-order chi connectivity index (χ1) is 8.45. The minimum atomic E-state index is -1.99. The minimum absolute atomic E-state index is 0.00436. The third kappa shape index (κ3) is 3.69. The largest absolute Gasteiger partial charge is 0.593 e. The molecule has 1 aromatic rings. The van der Waals surface area contributed by atoms with Gasteiger partial charge >= 0.3 is 11.9 Å². The minimum Gasteiger partial charge on any atom is -0.593 e. The number of ether oxygens (including phenoxy) is 1. The van der Waals surface area contributed by atoms with Crippen molar-refractivity contribution in [3.8, 4) is 0 Å². The number of nitrogens with one attached hydrogen (secondary N) is 1. The molecule has 1 unspecified atom stereocenters. The van der Waals surface area contributed by atoms with E-state index in [1.165, 1.54) is 0 Å². The number of hydrogen-bond donors (Lipinski definition) is 2. The number of hydrogen-bond acceptors (Lipinski definition) is 5. The maximum Gasteiger partial charge on any atom is 0.397 e.